The maximum absolute atomic E-state index is 5.79. The van der Waals surface area contributed by atoms with E-state index in [4.69, 9.17) is 9.47 Å². The molecule has 0 aromatic carbocycles. The van der Waals surface area contributed by atoms with Gasteiger partial charge in [-0.25, -0.2) is 0 Å². The summed E-state index contributed by atoms with van der Waals surface area (Å²) in [7, 11) is 0. The fourth-order valence-electron chi connectivity index (χ4n) is 1.72. The summed E-state index contributed by atoms with van der Waals surface area (Å²) in [5, 5.41) is 1.30. The molecule has 1 aromatic heterocycles. The Morgan fingerprint density at radius 1 is 1.58 bits per heavy atom. The van der Waals surface area contributed by atoms with Crippen LogP contribution in [0, 0.1) is 2.25 Å². The number of hydrogen-bond donors (Lipinski definition) is 0. The molecule has 1 aliphatic rings. The third-order valence-corrected chi connectivity index (χ3v) is 12.8. The molecule has 108 valence electrons. The van der Waals surface area contributed by atoms with Gasteiger partial charge in [0.25, 0.3) is 0 Å². The molecule has 1 saturated heterocycles. The van der Waals surface area contributed by atoms with Crippen molar-refractivity contribution in [2.24, 2.45) is 0 Å². The number of rotatable bonds is 7. The van der Waals surface area contributed by atoms with Crippen LogP contribution in [0.5, 0.6) is 0 Å². The van der Waals surface area contributed by atoms with Gasteiger partial charge in [0, 0.05) is 0 Å². The molecule has 0 saturated carbocycles. The van der Waals surface area contributed by atoms with Gasteiger partial charge >= 0.3 is 144 Å². The minimum absolute atomic E-state index is 0.0627. The van der Waals surface area contributed by atoms with Gasteiger partial charge in [-0.15, -0.1) is 0 Å². The summed E-state index contributed by atoms with van der Waals surface area (Å²) >= 11 is 8.44. The van der Waals surface area contributed by atoms with Crippen molar-refractivity contribution in [3.8, 4) is 0 Å². The van der Waals surface area contributed by atoms with E-state index in [1.165, 1.54) is 20.4 Å². The summed E-state index contributed by atoms with van der Waals surface area (Å²) in [6, 6.07) is 0. The standard InChI is InChI=1S/C12H18O2S2Se3/c1-2-18-11-10(19-12(17)16-11)15-8-7-14-9-5-3-4-6-13-9/h9H,2-8H2,1H3. The van der Waals surface area contributed by atoms with Crippen molar-refractivity contribution in [1.29, 1.82) is 0 Å². The van der Waals surface area contributed by atoms with Crippen molar-refractivity contribution in [3.05, 3.63) is 2.25 Å². The van der Waals surface area contributed by atoms with Crippen LogP contribution in [-0.4, -0.2) is 70.3 Å². The van der Waals surface area contributed by atoms with Gasteiger partial charge in [0.05, 0.1) is 0 Å². The molecule has 2 rings (SSSR count). The van der Waals surface area contributed by atoms with Crippen LogP contribution >= 0.6 is 23.1 Å². The molecule has 0 aliphatic carbocycles. The van der Waals surface area contributed by atoms with Gasteiger partial charge in [-0.1, -0.05) is 0 Å². The van der Waals surface area contributed by atoms with E-state index in [2.05, 4.69) is 22.5 Å². The van der Waals surface area contributed by atoms with Gasteiger partial charge in [0.2, 0.25) is 0 Å². The zero-order chi connectivity index (χ0) is 13.5. The molecule has 0 radical (unpaired) electrons. The summed E-state index contributed by atoms with van der Waals surface area (Å²) in [5.74, 6) is 1.06. The van der Waals surface area contributed by atoms with E-state index < -0.39 is 0 Å². The Labute approximate surface area is 143 Å². The second kappa shape index (κ2) is 9.63. The molecule has 2 heterocycles. The van der Waals surface area contributed by atoms with E-state index >= 15 is 0 Å². The number of hydrogen-bond acceptors (Lipinski definition) is 4. The SMILES string of the molecule is CC[Se]c1sc(=[Se])[se]c1SCCOC1CCCCO1. The maximum atomic E-state index is 5.79. The van der Waals surface area contributed by atoms with Crippen molar-refractivity contribution >= 4 is 71.9 Å². The van der Waals surface area contributed by atoms with Crippen molar-refractivity contribution < 1.29 is 9.47 Å². The molecule has 0 spiro atoms. The molecule has 19 heavy (non-hydrogen) atoms. The van der Waals surface area contributed by atoms with Crippen LogP contribution in [0.25, 0.3) is 0 Å². The average Bonchev–Trinajstić information content (AvgIpc) is 2.77. The summed E-state index contributed by atoms with van der Waals surface area (Å²) < 4.78 is 16.2. The Morgan fingerprint density at radius 3 is 3.21 bits per heavy atom. The van der Waals surface area contributed by atoms with E-state index in [0.717, 1.165) is 25.4 Å². The molecule has 1 aromatic rings. The first-order valence-electron chi connectivity index (χ1n) is 6.42. The average molecular weight is 495 g/mol. The van der Waals surface area contributed by atoms with E-state index in [1.54, 1.807) is 7.54 Å². The van der Waals surface area contributed by atoms with Gasteiger partial charge in [0.1, 0.15) is 0 Å². The Morgan fingerprint density at radius 2 is 2.47 bits per heavy atom. The van der Waals surface area contributed by atoms with Crippen LogP contribution in [0.4, 0.5) is 0 Å². The summed E-state index contributed by atoms with van der Waals surface area (Å²) in [6.07, 6.45) is 3.57. The van der Waals surface area contributed by atoms with Crippen LogP contribution < -0.4 is 3.78 Å². The van der Waals surface area contributed by atoms with Crippen LogP contribution in [0.3, 0.4) is 0 Å². The monoisotopic (exact) mass is 498 g/mol. The Bertz CT molecular complexity index is 427. The van der Waals surface area contributed by atoms with Gasteiger partial charge < -0.3 is 0 Å². The van der Waals surface area contributed by atoms with Crippen LogP contribution in [0.1, 0.15) is 26.2 Å². The third-order valence-electron chi connectivity index (χ3n) is 2.55. The second-order valence-corrected chi connectivity index (χ2v) is 15.4. The van der Waals surface area contributed by atoms with Crippen molar-refractivity contribution in [2.45, 2.75) is 41.6 Å². The molecular formula is C12H18O2S2Se3. The first kappa shape index (κ1) is 17.0. The van der Waals surface area contributed by atoms with Gasteiger partial charge in [-0.3, -0.25) is 0 Å². The van der Waals surface area contributed by atoms with E-state index in [9.17, 15) is 0 Å². The molecule has 1 fully saturated rings. The van der Waals surface area contributed by atoms with Crippen LogP contribution in [0.15, 0.2) is 3.77 Å². The number of ether oxygens (including phenoxy) is 2. The summed E-state index contributed by atoms with van der Waals surface area (Å²) in [4.78, 5) is 0. The molecular weight excluding hydrogens is 477 g/mol. The quantitative estimate of drug-likeness (QED) is 0.327. The predicted octanol–water partition coefficient (Wildman–Crippen LogP) is 1.91. The molecule has 7 heteroatoms. The first-order valence-corrected chi connectivity index (χ1v) is 12.9. The zero-order valence-electron chi connectivity index (χ0n) is 10.9. The van der Waals surface area contributed by atoms with Gasteiger partial charge in [0.15, 0.2) is 0 Å². The topological polar surface area (TPSA) is 18.5 Å². The van der Waals surface area contributed by atoms with Gasteiger partial charge in [-0.05, 0) is 0 Å². The Kier molecular flexibility index (Phi) is 8.63. The van der Waals surface area contributed by atoms with E-state index in [-0.39, 0.29) is 6.29 Å². The van der Waals surface area contributed by atoms with Gasteiger partial charge in [-0.2, -0.15) is 0 Å². The second-order valence-electron chi connectivity index (χ2n) is 3.98. The Balaban J connectivity index is 1.71. The molecule has 0 bridgehead atoms. The predicted molar refractivity (Wildman–Crippen MR) is 86.4 cm³/mol. The molecule has 2 nitrogen and oxygen atoms in total. The Hall–Kier alpha value is 1.66. The van der Waals surface area contributed by atoms with Crippen LogP contribution in [0.2, 0.25) is 5.32 Å². The fourth-order valence-corrected chi connectivity index (χ4v) is 14.4. The molecule has 1 atom stereocenters. The minimum atomic E-state index is 0.0627. The molecule has 1 aliphatic heterocycles. The van der Waals surface area contributed by atoms with Crippen molar-refractivity contribution in [2.75, 3.05) is 19.0 Å². The van der Waals surface area contributed by atoms with E-state index in [0.29, 0.717) is 29.5 Å². The number of thioether (sulfide) groups is 1. The molecule has 1 unspecified atom stereocenters. The van der Waals surface area contributed by atoms with E-state index in [1.807, 2.05) is 23.1 Å². The van der Waals surface area contributed by atoms with Crippen molar-refractivity contribution in [1.82, 2.24) is 0 Å². The molecule has 0 N–H and O–H groups in total. The normalized spacial score (nSPS) is 19.7. The molecule has 0 amide bonds. The van der Waals surface area contributed by atoms with Crippen LogP contribution in [-0.2, 0) is 9.47 Å². The van der Waals surface area contributed by atoms with Crippen molar-refractivity contribution in [3.63, 3.8) is 0 Å². The summed E-state index contributed by atoms with van der Waals surface area (Å²) in [5.41, 5.74) is 0. The first-order chi connectivity index (χ1) is 9.29. The third kappa shape index (κ3) is 6.12. The fraction of sp³-hybridized carbons (Fsp3) is 0.750. The zero-order valence-corrected chi connectivity index (χ0v) is 17.7. The summed E-state index contributed by atoms with van der Waals surface area (Å²) in [6.45, 7) is 3.97.